The van der Waals surface area contributed by atoms with Gasteiger partial charge in [-0.3, -0.25) is 0 Å². The van der Waals surface area contributed by atoms with Crippen molar-refractivity contribution in [2.45, 2.75) is 0 Å². The van der Waals surface area contributed by atoms with Gasteiger partial charge in [0.25, 0.3) is 0 Å². The summed E-state index contributed by atoms with van der Waals surface area (Å²) in [6.45, 7) is 0. The molecule has 0 aromatic heterocycles. The lowest BCUT2D eigenvalue weighted by Gasteiger charge is -2.16. The Kier molecular flexibility index (Phi) is 2.40. The lowest BCUT2D eigenvalue weighted by molar-refractivity contribution is -0.267. The van der Waals surface area contributed by atoms with Crippen LogP contribution in [0.4, 0.5) is 0 Å². The first-order chi connectivity index (χ1) is 7.65. The Labute approximate surface area is 91.7 Å². The van der Waals surface area contributed by atoms with Crippen molar-refractivity contribution in [2.24, 2.45) is 0 Å². The van der Waals surface area contributed by atoms with Gasteiger partial charge in [0.2, 0.25) is 0 Å². The molecule has 2 aromatic carbocycles. The highest BCUT2D eigenvalue weighted by Crippen LogP contribution is 2.33. The largest absolute Gasteiger partial charge is 0.870 e. The molecular formula is C12H9O4-. The first-order valence-electron chi connectivity index (χ1n) is 4.65. The number of carbonyl (C=O) groups is 1. The molecular weight excluding hydrogens is 208 g/mol. The average molecular weight is 217 g/mol. The Morgan fingerprint density at radius 2 is 2.00 bits per heavy atom. The third-order valence-corrected chi connectivity index (χ3v) is 2.43. The van der Waals surface area contributed by atoms with Crippen molar-refractivity contribution in [1.82, 2.24) is 0 Å². The van der Waals surface area contributed by atoms with Crippen molar-refractivity contribution in [1.29, 1.82) is 0 Å². The van der Waals surface area contributed by atoms with E-state index in [2.05, 4.69) is 0 Å². The molecule has 0 saturated heterocycles. The first-order valence-corrected chi connectivity index (χ1v) is 4.65. The number of aromatic carboxylic acids is 1. The zero-order valence-corrected chi connectivity index (χ0v) is 8.56. The Bertz CT molecular complexity index is 560. The van der Waals surface area contributed by atoms with Gasteiger partial charge in [-0.1, -0.05) is 17.9 Å². The Hall–Kier alpha value is -2.23. The number of carboxylic acid groups (broad SMARTS) is 1. The van der Waals surface area contributed by atoms with E-state index in [0.29, 0.717) is 10.8 Å². The van der Waals surface area contributed by atoms with Crippen molar-refractivity contribution in [3.05, 3.63) is 35.9 Å². The van der Waals surface area contributed by atoms with Crippen LogP contribution in [0.2, 0.25) is 0 Å². The number of rotatable bonds is 2. The number of benzene rings is 2. The second-order valence-electron chi connectivity index (χ2n) is 3.30. The predicted octanol–water partition coefficient (Wildman–Crippen LogP) is 1.62. The number of fused-ring (bicyclic) bond motifs is 1. The van der Waals surface area contributed by atoms with E-state index in [1.165, 1.54) is 19.2 Å². The van der Waals surface area contributed by atoms with Gasteiger partial charge in [0.05, 0.1) is 12.7 Å². The number of methoxy groups -OCH3 is 1. The molecule has 0 spiro atoms. The summed E-state index contributed by atoms with van der Waals surface area (Å²) in [5.74, 6) is -1.12. The smallest absolute Gasteiger partial charge is 0.336 e. The lowest BCUT2D eigenvalue weighted by atomic mass is 10.0. The van der Waals surface area contributed by atoms with Gasteiger partial charge in [-0.05, 0) is 29.0 Å². The van der Waals surface area contributed by atoms with Crippen LogP contribution in [0, 0.1) is 0 Å². The molecule has 0 aliphatic rings. The third-order valence-electron chi connectivity index (χ3n) is 2.43. The third kappa shape index (κ3) is 1.44. The number of ether oxygens (including phenoxy) is 1. The summed E-state index contributed by atoms with van der Waals surface area (Å²) in [6.07, 6.45) is 0. The minimum absolute atomic E-state index is 0.122. The van der Waals surface area contributed by atoms with Gasteiger partial charge < -0.3 is 14.9 Å². The molecule has 1 N–H and O–H groups in total. The summed E-state index contributed by atoms with van der Waals surface area (Å²) < 4.78 is 4.89. The van der Waals surface area contributed by atoms with Crippen LogP contribution < -0.4 is 9.84 Å². The van der Waals surface area contributed by atoms with E-state index < -0.39 is 5.97 Å². The average Bonchev–Trinajstić information content (AvgIpc) is 2.29. The molecule has 4 nitrogen and oxygen atoms in total. The molecule has 0 aliphatic carbocycles. The maximum Gasteiger partial charge on any atom is 0.336 e. The van der Waals surface area contributed by atoms with Crippen LogP contribution in [0.3, 0.4) is 0 Å². The highest BCUT2D eigenvalue weighted by atomic mass is 16.5. The zero-order valence-electron chi connectivity index (χ0n) is 8.56. The van der Waals surface area contributed by atoms with Crippen LogP contribution in [0.5, 0.6) is 11.5 Å². The van der Waals surface area contributed by atoms with Crippen LogP contribution in [-0.2, 0) is 0 Å². The van der Waals surface area contributed by atoms with Crippen molar-refractivity contribution >= 4 is 16.7 Å². The molecule has 16 heavy (non-hydrogen) atoms. The highest BCUT2D eigenvalue weighted by molar-refractivity contribution is 6.05. The van der Waals surface area contributed by atoms with Gasteiger partial charge in [0.1, 0.15) is 5.75 Å². The second-order valence-corrected chi connectivity index (χ2v) is 3.30. The number of carboxylic acids is 1. The topological polar surface area (TPSA) is 69.6 Å². The molecule has 4 heteroatoms. The van der Waals surface area contributed by atoms with Gasteiger partial charge in [0.15, 0.2) is 0 Å². The SMILES string of the molecule is COc1ccc2c(C(=O)O)cccc2c1[O-]. The molecule has 2 aromatic rings. The predicted molar refractivity (Wildman–Crippen MR) is 56.9 cm³/mol. The monoisotopic (exact) mass is 217 g/mol. The maximum atomic E-state index is 11.8. The van der Waals surface area contributed by atoms with E-state index in [0.717, 1.165) is 0 Å². The van der Waals surface area contributed by atoms with Crippen LogP contribution in [0.15, 0.2) is 30.3 Å². The van der Waals surface area contributed by atoms with Crippen molar-refractivity contribution in [2.75, 3.05) is 7.11 Å². The second kappa shape index (κ2) is 3.73. The lowest BCUT2D eigenvalue weighted by Crippen LogP contribution is -2.00. The summed E-state index contributed by atoms with van der Waals surface area (Å²) in [7, 11) is 1.41. The summed E-state index contributed by atoms with van der Waals surface area (Å²) >= 11 is 0. The van der Waals surface area contributed by atoms with Crippen LogP contribution in [0.25, 0.3) is 10.8 Å². The minimum atomic E-state index is -1.05. The van der Waals surface area contributed by atoms with Crippen molar-refractivity contribution in [3.8, 4) is 11.5 Å². The van der Waals surface area contributed by atoms with Gasteiger partial charge >= 0.3 is 5.97 Å². The molecule has 0 amide bonds. The van der Waals surface area contributed by atoms with Gasteiger partial charge in [0, 0.05) is 0 Å². The summed E-state index contributed by atoms with van der Waals surface area (Å²) in [4.78, 5) is 10.9. The van der Waals surface area contributed by atoms with Crippen LogP contribution in [0.1, 0.15) is 10.4 Å². The summed E-state index contributed by atoms with van der Waals surface area (Å²) in [5.41, 5.74) is 0.122. The molecule has 0 atom stereocenters. The fourth-order valence-electron chi connectivity index (χ4n) is 1.66. The van der Waals surface area contributed by atoms with Gasteiger partial charge in [-0.2, -0.15) is 0 Å². The van der Waals surface area contributed by atoms with E-state index in [9.17, 15) is 9.90 Å². The highest BCUT2D eigenvalue weighted by Gasteiger charge is 2.09. The summed E-state index contributed by atoms with van der Waals surface area (Å²) in [5, 5.41) is 21.6. The van der Waals surface area contributed by atoms with E-state index in [1.54, 1.807) is 18.2 Å². The summed E-state index contributed by atoms with van der Waals surface area (Å²) in [6, 6.07) is 7.67. The maximum absolute atomic E-state index is 11.8. The molecule has 0 heterocycles. The zero-order chi connectivity index (χ0) is 11.7. The molecule has 0 fully saturated rings. The Morgan fingerprint density at radius 3 is 2.62 bits per heavy atom. The van der Waals surface area contributed by atoms with Crippen molar-refractivity contribution in [3.63, 3.8) is 0 Å². The number of hydrogen-bond donors (Lipinski definition) is 1. The van der Waals surface area contributed by atoms with Gasteiger partial charge in [-0.25, -0.2) is 4.79 Å². The molecule has 0 bridgehead atoms. The van der Waals surface area contributed by atoms with Crippen LogP contribution in [-0.4, -0.2) is 18.2 Å². The Morgan fingerprint density at radius 1 is 1.25 bits per heavy atom. The molecule has 2 rings (SSSR count). The molecule has 0 unspecified atom stereocenters. The minimum Gasteiger partial charge on any atom is -0.870 e. The molecule has 0 radical (unpaired) electrons. The quantitative estimate of drug-likeness (QED) is 0.829. The van der Waals surface area contributed by atoms with E-state index in [4.69, 9.17) is 9.84 Å². The fraction of sp³-hybridized carbons (Fsp3) is 0.0833. The molecule has 82 valence electrons. The van der Waals surface area contributed by atoms with E-state index in [1.807, 2.05) is 0 Å². The normalized spacial score (nSPS) is 10.3. The number of hydrogen-bond acceptors (Lipinski definition) is 3. The van der Waals surface area contributed by atoms with E-state index in [-0.39, 0.29) is 17.1 Å². The molecule has 0 aliphatic heterocycles. The Balaban J connectivity index is 2.82. The molecule has 0 saturated carbocycles. The van der Waals surface area contributed by atoms with Gasteiger partial charge in [-0.15, -0.1) is 0 Å². The first kappa shape index (κ1) is 10.3. The van der Waals surface area contributed by atoms with E-state index >= 15 is 0 Å². The standard InChI is InChI=1S/C12H10O4/c1-16-10-6-5-7-8(11(10)13)3-2-4-9(7)12(14)15/h2-6,13H,1H3,(H,14,15)/p-1. The van der Waals surface area contributed by atoms with Crippen LogP contribution >= 0.6 is 0 Å². The fourth-order valence-corrected chi connectivity index (χ4v) is 1.66. The van der Waals surface area contributed by atoms with Crippen molar-refractivity contribution < 1.29 is 19.7 Å².